The Morgan fingerprint density at radius 1 is 0.814 bits per heavy atom. The van der Waals surface area contributed by atoms with Gasteiger partial charge in [0.25, 0.3) is 0 Å². The Kier molecular flexibility index (Phi) is 7.02. The second kappa shape index (κ2) is 10.0. The minimum atomic E-state index is -0.576. The molecule has 7 rings (SSSR count). The number of aldehydes is 1. The number of epoxide rings is 2. The molecule has 236 valence electrons. The van der Waals surface area contributed by atoms with E-state index in [9.17, 15) is 9.90 Å². The van der Waals surface area contributed by atoms with Gasteiger partial charge in [-0.1, -0.05) is 78.7 Å². The summed E-state index contributed by atoms with van der Waals surface area (Å²) in [6.45, 7) is 16.6. The fourth-order valence-corrected chi connectivity index (χ4v) is 12.2. The Labute approximate surface area is 260 Å². The molecule has 43 heavy (non-hydrogen) atoms. The van der Waals surface area contributed by atoms with Crippen LogP contribution in [0.15, 0.2) is 24.3 Å². The third-order valence-electron chi connectivity index (χ3n) is 14.6. The number of carbonyl (C=O) groups excluding carboxylic acids is 1. The summed E-state index contributed by atoms with van der Waals surface area (Å²) in [6.07, 6.45) is 18.0. The van der Waals surface area contributed by atoms with Gasteiger partial charge in [0.2, 0.25) is 0 Å². The molecule has 4 nitrogen and oxygen atoms in total. The largest absolute Gasteiger partial charge is 0.388 e. The fraction of sp³-hybridized carbons (Fsp3) is 0.769. The van der Waals surface area contributed by atoms with Crippen molar-refractivity contribution in [3.63, 3.8) is 0 Å². The van der Waals surface area contributed by atoms with E-state index in [-0.39, 0.29) is 22.0 Å². The number of fused-ring (bicyclic) bond motifs is 2. The van der Waals surface area contributed by atoms with Gasteiger partial charge in [-0.15, -0.1) is 0 Å². The van der Waals surface area contributed by atoms with Crippen LogP contribution in [0.25, 0.3) is 6.08 Å². The summed E-state index contributed by atoms with van der Waals surface area (Å²) in [5.74, 6) is 2.03. The fourth-order valence-electron chi connectivity index (χ4n) is 12.2. The number of benzene rings is 1. The summed E-state index contributed by atoms with van der Waals surface area (Å²) in [5.41, 5.74) is 3.52. The van der Waals surface area contributed by atoms with Gasteiger partial charge in [0.05, 0.1) is 30.5 Å². The predicted octanol–water partition coefficient (Wildman–Crippen LogP) is 8.96. The van der Waals surface area contributed by atoms with Gasteiger partial charge in [-0.2, -0.15) is 0 Å². The Balaban J connectivity index is 1.17. The first-order valence-corrected chi connectivity index (χ1v) is 17.5. The lowest BCUT2D eigenvalue weighted by atomic mass is 9.45. The van der Waals surface area contributed by atoms with Crippen LogP contribution < -0.4 is 0 Å². The molecule has 1 aromatic rings. The van der Waals surface area contributed by atoms with Crippen LogP contribution in [-0.2, 0) is 9.47 Å². The highest BCUT2D eigenvalue weighted by Gasteiger charge is 2.66. The Bertz CT molecular complexity index is 1280. The summed E-state index contributed by atoms with van der Waals surface area (Å²) >= 11 is 0. The third-order valence-corrected chi connectivity index (χ3v) is 14.6. The summed E-state index contributed by atoms with van der Waals surface area (Å²) in [5, 5.41) is 11.8. The number of rotatable bonds is 6. The molecule has 1 aromatic carbocycles. The molecular weight excluding hydrogens is 532 g/mol. The predicted molar refractivity (Wildman–Crippen MR) is 172 cm³/mol. The van der Waals surface area contributed by atoms with Crippen LogP contribution in [0.5, 0.6) is 0 Å². The number of hydrogen-bond donors (Lipinski definition) is 1. The van der Waals surface area contributed by atoms with E-state index in [0.717, 1.165) is 49.9 Å². The standard InChI is InChI=1S/C39H56O4/c1-34(2)15-7-17-36(5)30(34)13-19-38(24-42-38)32(36)12-11-26-21-27(9-10-28(26)23-40)29(41)22-33-37(6)18-8-16-35(3,4)31(37)14-20-39(33)25-43-39/h9-12,21,23,29-33,41H,7-8,13-20,22,24-25H2,1-6H3/b12-11+/t29-,30-,31+,32+,33+,36-,37-,38+,39-/m0/s1. The molecule has 2 saturated heterocycles. The number of aliphatic hydroxyl groups excluding tert-OH is 1. The molecule has 4 heteroatoms. The Morgan fingerprint density at radius 2 is 1.40 bits per heavy atom. The average Bonchev–Trinajstić information content (AvgIpc) is 3.87. The zero-order valence-corrected chi connectivity index (χ0v) is 27.7. The molecule has 2 aliphatic heterocycles. The lowest BCUT2D eigenvalue weighted by Crippen LogP contribution is -2.54. The smallest absolute Gasteiger partial charge is 0.150 e. The minimum Gasteiger partial charge on any atom is -0.388 e. The van der Waals surface area contributed by atoms with Crippen molar-refractivity contribution >= 4 is 12.4 Å². The van der Waals surface area contributed by atoms with E-state index >= 15 is 0 Å². The normalized spacial score (nSPS) is 45.0. The first kappa shape index (κ1) is 30.2. The van der Waals surface area contributed by atoms with Crippen LogP contribution in [0.4, 0.5) is 0 Å². The number of carbonyl (C=O) groups is 1. The van der Waals surface area contributed by atoms with Crippen LogP contribution in [0.2, 0.25) is 0 Å². The van der Waals surface area contributed by atoms with Crippen molar-refractivity contribution in [2.45, 2.75) is 129 Å². The molecule has 0 unspecified atom stereocenters. The van der Waals surface area contributed by atoms with Gasteiger partial charge < -0.3 is 14.6 Å². The highest BCUT2D eigenvalue weighted by atomic mass is 16.6. The summed E-state index contributed by atoms with van der Waals surface area (Å²) < 4.78 is 12.5. The molecule has 2 heterocycles. The summed E-state index contributed by atoms with van der Waals surface area (Å²) in [6, 6.07) is 5.99. The molecule has 6 fully saturated rings. The minimum absolute atomic E-state index is 0.0348. The SMILES string of the molecule is CC1(C)CCC[C@@]2(C)[C@@H]1CC[C@]1(CO1)[C@@H]2C[C@H](O)c1ccc(C=O)c(/C=C/[C@H]2[C@@]3(CC[C@H]4C(C)(C)CCC[C@@]42C)CO3)c1. The maximum absolute atomic E-state index is 12.2. The third kappa shape index (κ3) is 4.75. The second-order valence-corrected chi connectivity index (χ2v) is 17.7. The zero-order valence-electron chi connectivity index (χ0n) is 27.7. The molecule has 4 aliphatic carbocycles. The Hall–Kier alpha value is -1.49. The molecule has 1 N–H and O–H groups in total. The van der Waals surface area contributed by atoms with Crippen molar-refractivity contribution in [2.24, 2.45) is 45.3 Å². The van der Waals surface area contributed by atoms with Gasteiger partial charge >= 0.3 is 0 Å². The highest BCUT2D eigenvalue weighted by Crippen LogP contribution is 2.67. The van der Waals surface area contributed by atoms with Crippen LogP contribution in [-0.4, -0.2) is 35.8 Å². The van der Waals surface area contributed by atoms with Crippen LogP contribution >= 0.6 is 0 Å². The Morgan fingerprint density at radius 3 is 2.00 bits per heavy atom. The summed E-state index contributed by atoms with van der Waals surface area (Å²) in [7, 11) is 0. The monoisotopic (exact) mass is 588 g/mol. The van der Waals surface area contributed by atoms with E-state index in [2.05, 4.69) is 59.8 Å². The highest BCUT2D eigenvalue weighted by molar-refractivity contribution is 5.82. The second-order valence-electron chi connectivity index (χ2n) is 17.7. The zero-order chi connectivity index (χ0) is 30.5. The van der Waals surface area contributed by atoms with E-state index in [4.69, 9.17) is 9.47 Å². The summed E-state index contributed by atoms with van der Waals surface area (Å²) in [4.78, 5) is 12.2. The average molecular weight is 589 g/mol. The molecule has 2 spiro atoms. The maximum atomic E-state index is 12.2. The van der Waals surface area contributed by atoms with E-state index in [1.807, 2.05) is 12.1 Å². The lowest BCUT2D eigenvalue weighted by molar-refractivity contribution is -0.117. The number of hydrogen-bond acceptors (Lipinski definition) is 4. The molecular formula is C39H56O4. The van der Waals surface area contributed by atoms with Gasteiger partial charge in [0, 0.05) is 11.5 Å². The van der Waals surface area contributed by atoms with Gasteiger partial charge in [-0.05, 0) is 114 Å². The first-order chi connectivity index (χ1) is 20.3. The molecule has 0 aromatic heterocycles. The van der Waals surface area contributed by atoms with Crippen molar-refractivity contribution in [3.05, 3.63) is 41.0 Å². The van der Waals surface area contributed by atoms with Gasteiger partial charge in [0.15, 0.2) is 6.29 Å². The van der Waals surface area contributed by atoms with E-state index < -0.39 is 6.10 Å². The van der Waals surface area contributed by atoms with E-state index in [0.29, 0.717) is 40.1 Å². The molecule has 6 aliphatic rings. The topological polar surface area (TPSA) is 62.4 Å². The van der Waals surface area contributed by atoms with Crippen LogP contribution in [0, 0.1) is 45.3 Å². The molecule has 9 atom stereocenters. The number of aliphatic hydroxyl groups is 1. The molecule has 4 saturated carbocycles. The van der Waals surface area contributed by atoms with Crippen LogP contribution in [0.3, 0.4) is 0 Å². The van der Waals surface area contributed by atoms with Crippen molar-refractivity contribution in [2.75, 3.05) is 13.2 Å². The van der Waals surface area contributed by atoms with E-state index in [1.165, 1.54) is 51.4 Å². The van der Waals surface area contributed by atoms with Gasteiger partial charge in [0.1, 0.15) is 0 Å². The van der Waals surface area contributed by atoms with Crippen molar-refractivity contribution in [1.29, 1.82) is 0 Å². The first-order valence-electron chi connectivity index (χ1n) is 17.5. The van der Waals surface area contributed by atoms with Gasteiger partial charge in [-0.3, -0.25) is 4.79 Å². The lowest BCUT2D eigenvalue weighted by Gasteiger charge is -2.59. The maximum Gasteiger partial charge on any atom is 0.150 e. The van der Waals surface area contributed by atoms with Gasteiger partial charge in [-0.25, -0.2) is 0 Å². The van der Waals surface area contributed by atoms with Crippen molar-refractivity contribution < 1.29 is 19.4 Å². The van der Waals surface area contributed by atoms with Crippen molar-refractivity contribution in [1.82, 2.24) is 0 Å². The van der Waals surface area contributed by atoms with Crippen LogP contribution in [0.1, 0.15) is 140 Å². The molecule has 0 radical (unpaired) electrons. The quantitative estimate of drug-likeness (QED) is 0.266. The molecule has 0 amide bonds. The van der Waals surface area contributed by atoms with Crippen molar-refractivity contribution in [3.8, 4) is 0 Å². The number of ether oxygens (including phenoxy) is 2. The van der Waals surface area contributed by atoms with E-state index in [1.54, 1.807) is 0 Å². The molecule has 0 bridgehead atoms.